The van der Waals surface area contributed by atoms with E-state index in [2.05, 4.69) is 86.5 Å². The van der Waals surface area contributed by atoms with Gasteiger partial charge in [0.25, 0.3) is 0 Å². The second-order valence-corrected chi connectivity index (χ2v) is 7.75. The molecule has 0 N–H and O–H groups in total. The van der Waals surface area contributed by atoms with E-state index in [0.717, 1.165) is 6.42 Å². The molecule has 0 heterocycles. The monoisotopic (exact) mass is 414 g/mol. The van der Waals surface area contributed by atoms with Crippen molar-refractivity contribution in [1.82, 2.24) is 0 Å². The first-order valence-electron chi connectivity index (χ1n) is 7.66. The molecule has 0 saturated carbocycles. The van der Waals surface area contributed by atoms with E-state index in [0.29, 0.717) is 5.92 Å². The molecule has 2 heteroatoms. The average Bonchev–Trinajstić information content (AvgIpc) is 3.10. The van der Waals surface area contributed by atoms with Gasteiger partial charge in [0.1, 0.15) is 0 Å². The van der Waals surface area contributed by atoms with Gasteiger partial charge in [-0.2, -0.15) is 0 Å². The molecule has 0 saturated heterocycles. The van der Waals surface area contributed by atoms with Crippen LogP contribution in [-0.4, -0.2) is 0 Å². The van der Waals surface area contributed by atoms with Crippen LogP contribution in [0.3, 0.4) is 0 Å². The van der Waals surface area contributed by atoms with E-state index in [-0.39, 0.29) is 0 Å². The maximum absolute atomic E-state index is 3.66. The molecule has 2 aliphatic rings. The van der Waals surface area contributed by atoms with Gasteiger partial charge in [0.15, 0.2) is 0 Å². The molecular weight excluding hydrogens is 400 g/mol. The maximum atomic E-state index is 3.66. The first-order chi connectivity index (χ1) is 10.7. The van der Waals surface area contributed by atoms with Crippen LogP contribution in [0.25, 0.3) is 12.2 Å². The molecule has 2 aromatic carbocycles. The van der Waals surface area contributed by atoms with Crippen molar-refractivity contribution in [3.63, 3.8) is 0 Å². The first kappa shape index (κ1) is 14.5. The summed E-state index contributed by atoms with van der Waals surface area (Å²) in [4.78, 5) is 0. The highest BCUT2D eigenvalue weighted by Gasteiger charge is 2.20. The fourth-order valence-electron chi connectivity index (χ4n) is 3.52. The zero-order chi connectivity index (χ0) is 15.1. The molecule has 1 atom stereocenters. The highest BCUT2D eigenvalue weighted by Crippen LogP contribution is 2.39. The van der Waals surface area contributed by atoms with Crippen LogP contribution in [0.5, 0.6) is 0 Å². The number of rotatable bonds is 3. The molecular formula is C20H16Br2. The Hall–Kier alpha value is -1.12. The number of allylic oxidation sites excluding steroid dienone is 2. The Morgan fingerprint density at radius 3 is 2.55 bits per heavy atom. The third kappa shape index (κ3) is 2.53. The van der Waals surface area contributed by atoms with Crippen molar-refractivity contribution in [2.24, 2.45) is 0 Å². The van der Waals surface area contributed by atoms with Crippen molar-refractivity contribution < 1.29 is 0 Å². The Balaban J connectivity index is 1.48. The summed E-state index contributed by atoms with van der Waals surface area (Å²) in [5.74, 6) is 0.556. The third-order valence-electron chi connectivity index (χ3n) is 4.67. The molecule has 0 amide bonds. The second kappa shape index (κ2) is 5.82. The molecule has 22 heavy (non-hydrogen) atoms. The zero-order valence-electron chi connectivity index (χ0n) is 12.2. The molecule has 0 radical (unpaired) electrons. The fourth-order valence-corrected chi connectivity index (χ4v) is 4.55. The van der Waals surface area contributed by atoms with Crippen LogP contribution >= 0.6 is 31.9 Å². The molecule has 2 aromatic rings. The van der Waals surface area contributed by atoms with Crippen molar-refractivity contribution in [3.8, 4) is 0 Å². The molecule has 110 valence electrons. The highest BCUT2D eigenvalue weighted by atomic mass is 79.9. The minimum Gasteiger partial charge on any atom is -0.0763 e. The van der Waals surface area contributed by atoms with Gasteiger partial charge in [-0.25, -0.2) is 0 Å². The molecule has 0 bridgehead atoms. The predicted molar refractivity (Wildman–Crippen MR) is 101 cm³/mol. The summed E-state index contributed by atoms with van der Waals surface area (Å²) >= 11 is 7.31. The topological polar surface area (TPSA) is 0 Å². The van der Waals surface area contributed by atoms with Gasteiger partial charge in [-0.05, 0) is 53.6 Å². The number of hydrogen-bond acceptors (Lipinski definition) is 0. The Bertz CT molecular complexity index is 799. The number of hydrogen-bond donors (Lipinski definition) is 0. The van der Waals surface area contributed by atoms with Gasteiger partial charge in [-0.1, -0.05) is 79.9 Å². The second-order valence-electron chi connectivity index (χ2n) is 6.04. The standard InChI is InChI=1S/C20H16Br2/c21-19-6-2-4-16-14(9-10-17(16)19)8-7-13-11-15-3-1-5-20(22)18(15)12-13/h1-6,9-10,12,14H,7-8,11H2. The van der Waals surface area contributed by atoms with Gasteiger partial charge in [0, 0.05) is 14.9 Å². The van der Waals surface area contributed by atoms with Crippen molar-refractivity contribution in [1.29, 1.82) is 0 Å². The number of fused-ring (bicyclic) bond motifs is 2. The summed E-state index contributed by atoms with van der Waals surface area (Å²) in [7, 11) is 0. The third-order valence-corrected chi connectivity index (χ3v) is 6.05. The predicted octanol–water partition coefficient (Wildman–Crippen LogP) is 6.74. The summed E-state index contributed by atoms with van der Waals surface area (Å²) in [6.45, 7) is 0. The summed E-state index contributed by atoms with van der Waals surface area (Å²) in [6.07, 6.45) is 10.5. The minimum atomic E-state index is 0.556. The van der Waals surface area contributed by atoms with Crippen molar-refractivity contribution in [3.05, 3.63) is 79.2 Å². The van der Waals surface area contributed by atoms with E-state index >= 15 is 0 Å². The molecule has 0 spiro atoms. The van der Waals surface area contributed by atoms with Gasteiger partial charge in [0.2, 0.25) is 0 Å². The lowest BCUT2D eigenvalue weighted by molar-refractivity contribution is 0.733. The molecule has 4 rings (SSSR count). The van der Waals surface area contributed by atoms with E-state index < -0.39 is 0 Å². The molecule has 0 aliphatic heterocycles. The molecule has 0 nitrogen and oxygen atoms in total. The van der Waals surface area contributed by atoms with Crippen LogP contribution in [0.1, 0.15) is 41.0 Å². The highest BCUT2D eigenvalue weighted by molar-refractivity contribution is 9.10. The van der Waals surface area contributed by atoms with Gasteiger partial charge in [-0.15, -0.1) is 0 Å². The van der Waals surface area contributed by atoms with Gasteiger partial charge in [-0.3, -0.25) is 0 Å². The van der Waals surface area contributed by atoms with Gasteiger partial charge >= 0.3 is 0 Å². The normalized spacial score (nSPS) is 18.3. The summed E-state index contributed by atoms with van der Waals surface area (Å²) in [5, 5.41) is 0. The summed E-state index contributed by atoms with van der Waals surface area (Å²) < 4.78 is 2.43. The Labute approximate surface area is 148 Å². The average molecular weight is 416 g/mol. The Morgan fingerprint density at radius 1 is 0.955 bits per heavy atom. The molecule has 0 fully saturated rings. The number of benzene rings is 2. The SMILES string of the molecule is Brc1cccc2c1C=C(CCC1C=Cc3c(Br)cccc31)C2. The summed E-state index contributed by atoms with van der Waals surface area (Å²) in [6, 6.07) is 13.0. The van der Waals surface area contributed by atoms with Crippen LogP contribution in [0, 0.1) is 0 Å². The van der Waals surface area contributed by atoms with Crippen LogP contribution < -0.4 is 0 Å². The van der Waals surface area contributed by atoms with Crippen LogP contribution in [-0.2, 0) is 6.42 Å². The lowest BCUT2D eigenvalue weighted by atomic mass is 9.93. The Kier molecular flexibility index (Phi) is 3.83. The first-order valence-corrected chi connectivity index (χ1v) is 9.24. The van der Waals surface area contributed by atoms with Gasteiger partial charge < -0.3 is 0 Å². The van der Waals surface area contributed by atoms with Crippen LogP contribution in [0.2, 0.25) is 0 Å². The largest absolute Gasteiger partial charge is 0.0763 e. The van der Waals surface area contributed by atoms with E-state index in [9.17, 15) is 0 Å². The van der Waals surface area contributed by atoms with E-state index in [1.807, 2.05) is 0 Å². The van der Waals surface area contributed by atoms with Crippen LogP contribution in [0.15, 0.2) is 57.0 Å². The fraction of sp³-hybridized carbons (Fsp3) is 0.200. The Morgan fingerprint density at radius 2 is 1.73 bits per heavy atom. The molecule has 2 aliphatic carbocycles. The minimum absolute atomic E-state index is 0.556. The van der Waals surface area contributed by atoms with Crippen LogP contribution in [0.4, 0.5) is 0 Å². The van der Waals surface area contributed by atoms with E-state index in [1.54, 1.807) is 5.57 Å². The maximum Gasteiger partial charge on any atom is 0.0250 e. The van der Waals surface area contributed by atoms with E-state index in [1.165, 1.54) is 44.0 Å². The van der Waals surface area contributed by atoms with Crippen molar-refractivity contribution >= 4 is 44.0 Å². The van der Waals surface area contributed by atoms with Gasteiger partial charge in [0.05, 0.1) is 0 Å². The quantitative estimate of drug-likeness (QED) is 0.520. The lowest BCUT2D eigenvalue weighted by Gasteiger charge is -2.12. The molecule has 1 unspecified atom stereocenters. The zero-order valence-corrected chi connectivity index (χ0v) is 15.3. The van der Waals surface area contributed by atoms with Crippen molar-refractivity contribution in [2.45, 2.75) is 25.2 Å². The van der Waals surface area contributed by atoms with E-state index in [4.69, 9.17) is 0 Å². The number of halogens is 2. The lowest BCUT2D eigenvalue weighted by Crippen LogP contribution is -1.95. The van der Waals surface area contributed by atoms with Crippen molar-refractivity contribution in [2.75, 3.05) is 0 Å². The smallest absolute Gasteiger partial charge is 0.0250 e. The molecule has 0 aromatic heterocycles. The summed E-state index contributed by atoms with van der Waals surface area (Å²) in [5.41, 5.74) is 7.21.